The van der Waals surface area contributed by atoms with E-state index in [2.05, 4.69) is 5.32 Å². The average Bonchev–Trinajstić information content (AvgIpc) is 3.01. The van der Waals surface area contributed by atoms with Crippen LogP contribution in [0.2, 0.25) is 0 Å². The van der Waals surface area contributed by atoms with Gasteiger partial charge >= 0.3 is 0 Å². The molecule has 0 fully saturated rings. The van der Waals surface area contributed by atoms with Gasteiger partial charge in [0, 0.05) is 5.69 Å². The van der Waals surface area contributed by atoms with Gasteiger partial charge in [-0.15, -0.1) is 0 Å². The van der Waals surface area contributed by atoms with Gasteiger partial charge in [-0.2, -0.15) is 0 Å². The summed E-state index contributed by atoms with van der Waals surface area (Å²) in [6.07, 6.45) is 1.58. The molecule has 7 heteroatoms. The summed E-state index contributed by atoms with van der Waals surface area (Å²) >= 11 is 0. The van der Waals surface area contributed by atoms with E-state index in [0.29, 0.717) is 25.8 Å². The third-order valence-electron chi connectivity index (χ3n) is 6.16. The molecule has 4 rings (SSSR count). The van der Waals surface area contributed by atoms with E-state index in [0.717, 1.165) is 28.1 Å². The van der Waals surface area contributed by atoms with Crippen molar-refractivity contribution in [2.45, 2.75) is 37.9 Å². The van der Waals surface area contributed by atoms with Crippen LogP contribution in [0.4, 0.5) is 5.69 Å². The van der Waals surface area contributed by atoms with Crippen LogP contribution in [0.15, 0.2) is 78.9 Å². The van der Waals surface area contributed by atoms with Gasteiger partial charge in [0.2, 0.25) is 5.91 Å². The second-order valence-electron chi connectivity index (χ2n) is 8.38. The summed E-state index contributed by atoms with van der Waals surface area (Å²) in [7, 11) is 1.62. The van der Waals surface area contributed by atoms with E-state index in [-0.39, 0.29) is 5.91 Å². The van der Waals surface area contributed by atoms with Gasteiger partial charge in [0.1, 0.15) is 5.75 Å². The second-order valence-corrected chi connectivity index (χ2v) is 8.38. The largest absolute Gasteiger partial charge is 0.497 e. The van der Waals surface area contributed by atoms with Crippen LogP contribution < -0.4 is 20.4 Å². The highest BCUT2D eigenvalue weighted by molar-refractivity contribution is 5.99. The van der Waals surface area contributed by atoms with Gasteiger partial charge in [0.05, 0.1) is 25.7 Å². The van der Waals surface area contributed by atoms with E-state index in [4.69, 9.17) is 4.74 Å². The normalized spacial score (nSPS) is 16.4. The number of nitrogens with zero attached hydrogens (tertiary/aromatic N) is 1. The van der Waals surface area contributed by atoms with Crippen molar-refractivity contribution in [2.75, 3.05) is 12.0 Å². The van der Waals surface area contributed by atoms with Crippen LogP contribution in [-0.2, 0) is 29.0 Å². The number of carbonyl (C=O) groups excluding carboxylic acids is 2. The fourth-order valence-corrected chi connectivity index (χ4v) is 4.34. The van der Waals surface area contributed by atoms with Crippen molar-refractivity contribution >= 4 is 17.5 Å². The van der Waals surface area contributed by atoms with Crippen molar-refractivity contribution in [3.63, 3.8) is 0 Å². The van der Waals surface area contributed by atoms with E-state index in [1.165, 1.54) is 0 Å². The lowest BCUT2D eigenvalue weighted by atomic mass is 10.0. The highest BCUT2D eigenvalue weighted by Crippen LogP contribution is 2.29. The SMILES string of the molecule is COc1ccc(CN2C(=O)C(N[C@@H](Cc3ccccc3)C(=O)NO)CCc3ccccc32)cc1. The molecule has 176 valence electrons. The van der Waals surface area contributed by atoms with Gasteiger partial charge < -0.3 is 9.64 Å². The van der Waals surface area contributed by atoms with E-state index in [9.17, 15) is 14.8 Å². The molecule has 34 heavy (non-hydrogen) atoms. The Morgan fingerprint density at radius 1 is 1.03 bits per heavy atom. The number of para-hydroxylation sites is 1. The molecule has 0 spiro atoms. The molecule has 2 atom stereocenters. The van der Waals surface area contributed by atoms with Crippen molar-refractivity contribution < 1.29 is 19.5 Å². The highest BCUT2D eigenvalue weighted by atomic mass is 16.5. The lowest BCUT2D eigenvalue weighted by Gasteiger charge is -2.28. The number of rotatable bonds is 8. The molecule has 0 aromatic heterocycles. The molecule has 3 aromatic rings. The number of benzene rings is 3. The molecular weight excluding hydrogens is 430 g/mol. The molecule has 2 amide bonds. The van der Waals surface area contributed by atoms with Crippen LogP contribution in [0.1, 0.15) is 23.1 Å². The zero-order valence-electron chi connectivity index (χ0n) is 19.1. The van der Waals surface area contributed by atoms with Crippen LogP contribution in [0.3, 0.4) is 0 Å². The van der Waals surface area contributed by atoms with E-state index in [1.807, 2.05) is 78.9 Å². The Morgan fingerprint density at radius 2 is 1.74 bits per heavy atom. The quantitative estimate of drug-likeness (QED) is 0.355. The Morgan fingerprint density at radius 3 is 2.44 bits per heavy atom. The van der Waals surface area contributed by atoms with Gasteiger partial charge in [0.25, 0.3) is 5.91 Å². The minimum Gasteiger partial charge on any atom is -0.497 e. The zero-order valence-corrected chi connectivity index (χ0v) is 19.1. The maximum atomic E-state index is 13.8. The van der Waals surface area contributed by atoms with Crippen molar-refractivity contribution in [2.24, 2.45) is 0 Å². The lowest BCUT2D eigenvalue weighted by Crippen LogP contribution is -2.54. The number of amides is 2. The maximum absolute atomic E-state index is 13.8. The molecule has 1 unspecified atom stereocenters. The molecule has 0 saturated carbocycles. The number of nitrogens with one attached hydrogen (secondary N) is 2. The minimum absolute atomic E-state index is 0.107. The number of anilines is 1. The molecule has 1 aliphatic heterocycles. The summed E-state index contributed by atoms with van der Waals surface area (Å²) in [5.41, 5.74) is 5.61. The van der Waals surface area contributed by atoms with Gasteiger partial charge in [-0.05, 0) is 54.2 Å². The topological polar surface area (TPSA) is 90.9 Å². The zero-order chi connectivity index (χ0) is 23.9. The van der Waals surface area contributed by atoms with Crippen molar-refractivity contribution in [3.8, 4) is 5.75 Å². The molecule has 0 bridgehead atoms. The van der Waals surface area contributed by atoms with Crippen LogP contribution in [-0.4, -0.2) is 36.2 Å². The Labute approximate surface area is 199 Å². The maximum Gasteiger partial charge on any atom is 0.260 e. The number of hydrogen-bond donors (Lipinski definition) is 3. The molecule has 1 aliphatic rings. The van der Waals surface area contributed by atoms with E-state index < -0.39 is 18.0 Å². The number of ether oxygens (including phenoxy) is 1. The molecule has 0 radical (unpaired) electrons. The number of methoxy groups -OCH3 is 1. The van der Waals surface area contributed by atoms with Crippen LogP contribution >= 0.6 is 0 Å². The van der Waals surface area contributed by atoms with Crippen molar-refractivity contribution in [1.82, 2.24) is 10.8 Å². The first-order valence-corrected chi connectivity index (χ1v) is 11.3. The lowest BCUT2D eigenvalue weighted by molar-refractivity contribution is -0.132. The summed E-state index contributed by atoms with van der Waals surface area (Å²) in [5, 5.41) is 12.6. The fraction of sp³-hybridized carbons (Fsp3) is 0.259. The van der Waals surface area contributed by atoms with Crippen molar-refractivity contribution in [3.05, 3.63) is 95.6 Å². The molecule has 3 aromatic carbocycles. The van der Waals surface area contributed by atoms with E-state index in [1.54, 1.807) is 17.5 Å². The molecular formula is C27H29N3O4. The van der Waals surface area contributed by atoms with Crippen LogP contribution in [0.5, 0.6) is 5.75 Å². The molecule has 0 aliphatic carbocycles. The van der Waals surface area contributed by atoms with Gasteiger partial charge in [0.15, 0.2) is 0 Å². The van der Waals surface area contributed by atoms with E-state index >= 15 is 0 Å². The third kappa shape index (κ3) is 5.44. The van der Waals surface area contributed by atoms with Crippen molar-refractivity contribution in [1.29, 1.82) is 0 Å². The first-order chi connectivity index (χ1) is 16.6. The molecule has 7 nitrogen and oxygen atoms in total. The Balaban J connectivity index is 1.60. The summed E-state index contributed by atoms with van der Waals surface area (Å²) in [6.45, 7) is 0.396. The highest BCUT2D eigenvalue weighted by Gasteiger charge is 2.33. The summed E-state index contributed by atoms with van der Waals surface area (Å²) < 4.78 is 5.25. The van der Waals surface area contributed by atoms with Gasteiger partial charge in [-0.3, -0.25) is 20.1 Å². The molecule has 1 heterocycles. The number of aryl methyl sites for hydroxylation is 1. The standard InChI is InChI=1S/C27H29N3O4/c1-34-22-14-11-20(12-15-22)18-30-25-10-6-5-9-21(25)13-16-23(27(30)32)28-24(26(31)29-33)17-19-7-3-2-4-8-19/h2-12,14-15,23-24,28,33H,13,16-18H2,1H3,(H,29,31)/t23?,24-/m0/s1. The summed E-state index contributed by atoms with van der Waals surface area (Å²) in [4.78, 5) is 28.0. The molecule has 0 saturated heterocycles. The Bertz CT molecular complexity index is 1120. The van der Waals surface area contributed by atoms with Crippen LogP contribution in [0, 0.1) is 0 Å². The Kier molecular flexibility index (Phi) is 7.57. The summed E-state index contributed by atoms with van der Waals surface area (Å²) in [5.74, 6) is 0.0781. The monoisotopic (exact) mass is 459 g/mol. The Hall–Kier alpha value is -3.68. The predicted octanol–water partition coefficient (Wildman–Crippen LogP) is 3.25. The minimum atomic E-state index is -0.759. The third-order valence-corrected chi connectivity index (χ3v) is 6.16. The molecule has 3 N–H and O–H groups in total. The average molecular weight is 460 g/mol. The first kappa shape index (κ1) is 23.5. The van der Waals surface area contributed by atoms with Crippen LogP contribution in [0.25, 0.3) is 0 Å². The smallest absolute Gasteiger partial charge is 0.260 e. The predicted molar refractivity (Wildman–Crippen MR) is 130 cm³/mol. The number of hydroxylamine groups is 1. The number of carbonyl (C=O) groups is 2. The van der Waals surface area contributed by atoms with Gasteiger partial charge in [-0.25, -0.2) is 5.48 Å². The fourth-order valence-electron chi connectivity index (χ4n) is 4.34. The van der Waals surface area contributed by atoms with Gasteiger partial charge in [-0.1, -0.05) is 60.7 Å². The first-order valence-electron chi connectivity index (χ1n) is 11.3. The number of fused-ring (bicyclic) bond motifs is 1. The summed E-state index contributed by atoms with van der Waals surface area (Å²) in [6, 6.07) is 23.7. The second kappa shape index (κ2) is 11.0. The number of hydrogen-bond acceptors (Lipinski definition) is 5.